The van der Waals surface area contributed by atoms with Crippen molar-refractivity contribution >= 4 is 0 Å². The Hall–Kier alpha value is -1.04. The van der Waals surface area contributed by atoms with Crippen LogP contribution in [0.15, 0.2) is 18.2 Å². The summed E-state index contributed by atoms with van der Waals surface area (Å²) in [7, 11) is 0. The van der Waals surface area contributed by atoms with Gasteiger partial charge in [-0.2, -0.15) is 0 Å². The average molecular weight is 281 g/mol. The number of nitrogens with zero attached hydrogens (tertiary/aromatic N) is 2. The van der Waals surface area contributed by atoms with Crippen molar-refractivity contribution in [3.8, 4) is 0 Å². The van der Waals surface area contributed by atoms with Crippen molar-refractivity contribution in [2.24, 2.45) is 0 Å². The fraction of sp³-hybridized carbons (Fsp3) is 0.600. The first-order chi connectivity index (χ1) is 9.69. The highest BCUT2D eigenvalue weighted by Crippen LogP contribution is 2.28. The first-order valence-corrected chi connectivity index (χ1v) is 7.33. The number of hydrogen-bond donors (Lipinski definition) is 1. The Balaban J connectivity index is 1.86. The molecule has 0 aliphatic carbocycles. The Morgan fingerprint density at radius 1 is 1.20 bits per heavy atom. The molecule has 3 heterocycles. The molecular formula is C15H21F2N3. The van der Waals surface area contributed by atoms with Crippen molar-refractivity contribution in [3.63, 3.8) is 0 Å². The van der Waals surface area contributed by atoms with Crippen molar-refractivity contribution in [1.82, 2.24) is 15.1 Å². The van der Waals surface area contributed by atoms with Gasteiger partial charge in [-0.3, -0.25) is 9.80 Å². The lowest BCUT2D eigenvalue weighted by Crippen LogP contribution is -2.64. The minimum atomic E-state index is -0.779. The molecule has 0 spiro atoms. The van der Waals surface area contributed by atoms with Gasteiger partial charge in [-0.15, -0.1) is 0 Å². The van der Waals surface area contributed by atoms with Gasteiger partial charge in [0.1, 0.15) is 0 Å². The van der Waals surface area contributed by atoms with E-state index in [0.717, 1.165) is 44.8 Å². The van der Waals surface area contributed by atoms with Crippen LogP contribution in [0.3, 0.4) is 0 Å². The van der Waals surface area contributed by atoms with Crippen LogP contribution in [0, 0.1) is 11.6 Å². The summed E-state index contributed by atoms with van der Waals surface area (Å²) in [5, 5.41) is 3.44. The van der Waals surface area contributed by atoms with Crippen LogP contribution in [-0.4, -0.2) is 55.1 Å². The molecule has 0 amide bonds. The molecule has 5 heteroatoms. The smallest absolute Gasteiger partial charge is 0.159 e. The van der Waals surface area contributed by atoms with Gasteiger partial charge >= 0.3 is 0 Å². The third kappa shape index (κ3) is 2.57. The Labute approximate surface area is 118 Å². The molecule has 4 rings (SSSR count). The molecule has 3 fully saturated rings. The van der Waals surface area contributed by atoms with E-state index in [2.05, 4.69) is 15.1 Å². The minimum Gasteiger partial charge on any atom is -0.309 e. The van der Waals surface area contributed by atoms with Crippen LogP contribution in [0.2, 0.25) is 0 Å². The van der Waals surface area contributed by atoms with Gasteiger partial charge in [0.25, 0.3) is 0 Å². The molecule has 1 aromatic carbocycles. The third-order valence-electron chi connectivity index (χ3n) is 4.43. The van der Waals surface area contributed by atoms with Crippen LogP contribution in [0.25, 0.3) is 0 Å². The molecule has 0 aromatic heterocycles. The second kappa shape index (κ2) is 5.76. The molecule has 3 aliphatic heterocycles. The van der Waals surface area contributed by atoms with Crippen molar-refractivity contribution in [2.45, 2.75) is 19.0 Å². The van der Waals surface area contributed by atoms with Crippen LogP contribution in [0.1, 0.15) is 18.5 Å². The molecule has 0 saturated carbocycles. The van der Waals surface area contributed by atoms with Crippen LogP contribution in [0.4, 0.5) is 8.78 Å². The highest BCUT2D eigenvalue weighted by atomic mass is 19.2. The molecule has 2 atom stereocenters. The second-order valence-electron chi connectivity index (χ2n) is 5.61. The zero-order valence-corrected chi connectivity index (χ0v) is 11.8. The largest absolute Gasteiger partial charge is 0.309 e. The summed E-state index contributed by atoms with van der Waals surface area (Å²) >= 11 is 0. The summed E-state index contributed by atoms with van der Waals surface area (Å²) in [5.41, 5.74) is 0.838. The van der Waals surface area contributed by atoms with E-state index in [1.165, 1.54) is 12.1 Å². The van der Waals surface area contributed by atoms with Gasteiger partial charge < -0.3 is 5.32 Å². The number of hydrogen-bond acceptors (Lipinski definition) is 3. The van der Waals surface area contributed by atoms with Crippen LogP contribution in [0.5, 0.6) is 0 Å². The van der Waals surface area contributed by atoms with Gasteiger partial charge in [-0.1, -0.05) is 13.0 Å². The van der Waals surface area contributed by atoms with Crippen LogP contribution >= 0.6 is 0 Å². The fourth-order valence-corrected chi connectivity index (χ4v) is 3.38. The van der Waals surface area contributed by atoms with Crippen molar-refractivity contribution in [3.05, 3.63) is 35.4 Å². The number of likely N-dealkylation sites (N-methyl/N-ethyl adjacent to an activating group) is 1. The summed E-state index contributed by atoms with van der Waals surface area (Å²) < 4.78 is 26.6. The Morgan fingerprint density at radius 2 is 1.95 bits per heavy atom. The van der Waals surface area contributed by atoms with E-state index < -0.39 is 11.6 Å². The predicted octanol–water partition coefficient (Wildman–Crippen LogP) is 1.62. The lowest BCUT2D eigenvalue weighted by atomic mass is 9.93. The summed E-state index contributed by atoms with van der Waals surface area (Å²) in [4.78, 5) is 4.92. The zero-order chi connectivity index (χ0) is 14.1. The van der Waals surface area contributed by atoms with Gasteiger partial charge in [-0.05, 0) is 24.2 Å². The van der Waals surface area contributed by atoms with E-state index >= 15 is 0 Å². The molecule has 1 N–H and O–H groups in total. The average Bonchev–Trinajstić information content (AvgIpc) is 2.49. The van der Waals surface area contributed by atoms with Crippen molar-refractivity contribution < 1.29 is 8.78 Å². The number of piperazine rings is 3. The number of fused-ring (bicyclic) bond motifs is 3. The molecule has 3 saturated heterocycles. The SMILES string of the molecule is CCNC(c1ccc(F)c(F)c1)C1CN2CCN1CC2. The first-order valence-electron chi connectivity index (χ1n) is 7.33. The Kier molecular flexibility index (Phi) is 4.01. The predicted molar refractivity (Wildman–Crippen MR) is 74.6 cm³/mol. The molecule has 0 radical (unpaired) electrons. The van der Waals surface area contributed by atoms with Gasteiger partial charge in [0.05, 0.1) is 0 Å². The number of benzene rings is 1. The molecule has 1 aromatic rings. The number of rotatable bonds is 4. The molecule has 2 unspecified atom stereocenters. The summed E-state index contributed by atoms with van der Waals surface area (Å²) in [6.45, 7) is 8.22. The summed E-state index contributed by atoms with van der Waals surface area (Å²) in [6, 6.07) is 4.65. The van der Waals surface area contributed by atoms with E-state index in [1.807, 2.05) is 6.92 Å². The highest BCUT2D eigenvalue weighted by Gasteiger charge is 2.37. The topological polar surface area (TPSA) is 18.5 Å². The fourth-order valence-electron chi connectivity index (χ4n) is 3.38. The maximum atomic E-state index is 13.5. The summed E-state index contributed by atoms with van der Waals surface area (Å²) in [5.74, 6) is -1.54. The van der Waals surface area contributed by atoms with E-state index in [0.29, 0.717) is 6.04 Å². The number of nitrogens with one attached hydrogen (secondary N) is 1. The van der Waals surface area contributed by atoms with E-state index in [4.69, 9.17) is 0 Å². The standard InChI is InChI=1S/C15H21F2N3/c1-2-18-15(11-3-4-12(16)13(17)9-11)14-10-19-5-7-20(14)8-6-19/h3-4,9,14-15,18H,2,5-8,10H2,1H3. The lowest BCUT2D eigenvalue weighted by Gasteiger charge is -2.50. The first kappa shape index (κ1) is 13.9. The molecule has 3 aliphatic rings. The number of halogens is 2. The lowest BCUT2D eigenvalue weighted by molar-refractivity contribution is -0.00348. The monoisotopic (exact) mass is 281 g/mol. The van der Waals surface area contributed by atoms with Gasteiger partial charge in [0.2, 0.25) is 0 Å². The highest BCUT2D eigenvalue weighted by molar-refractivity contribution is 5.23. The van der Waals surface area contributed by atoms with Crippen LogP contribution < -0.4 is 5.32 Å². The van der Waals surface area contributed by atoms with Crippen molar-refractivity contribution in [2.75, 3.05) is 39.3 Å². The zero-order valence-electron chi connectivity index (χ0n) is 11.8. The van der Waals surface area contributed by atoms with Crippen molar-refractivity contribution in [1.29, 1.82) is 0 Å². The summed E-state index contributed by atoms with van der Waals surface area (Å²) in [6.07, 6.45) is 0. The normalized spacial score (nSPS) is 30.4. The minimum absolute atomic E-state index is 0.0539. The molecule has 20 heavy (non-hydrogen) atoms. The van der Waals surface area contributed by atoms with Gasteiger partial charge in [0, 0.05) is 44.8 Å². The van der Waals surface area contributed by atoms with E-state index in [1.54, 1.807) is 6.07 Å². The van der Waals surface area contributed by atoms with E-state index in [-0.39, 0.29) is 6.04 Å². The quantitative estimate of drug-likeness (QED) is 0.904. The maximum absolute atomic E-state index is 13.5. The third-order valence-corrected chi connectivity index (χ3v) is 4.43. The maximum Gasteiger partial charge on any atom is 0.159 e. The molecule has 3 nitrogen and oxygen atoms in total. The Morgan fingerprint density at radius 3 is 2.50 bits per heavy atom. The second-order valence-corrected chi connectivity index (χ2v) is 5.61. The van der Waals surface area contributed by atoms with Gasteiger partial charge in [0.15, 0.2) is 11.6 Å². The van der Waals surface area contributed by atoms with E-state index in [9.17, 15) is 8.78 Å². The molecular weight excluding hydrogens is 260 g/mol. The molecule has 2 bridgehead atoms. The molecule has 110 valence electrons. The Bertz CT molecular complexity index is 472. The van der Waals surface area contributed by atoms with Gasteiger partial charge in [-0.25, -0.2) is 8.78 Å². The van der Waals surface area contributed by atoms with Crippen LogP contribution in [-0.2, 0) is 0 Å².